The van der Waals surface area contributed by atoms with E-state index >= 15 is 0 Å². The molecule has 5 heteroatoms. The molecule has 1 aromatic rings. The molecule has 3 N–H and O–H groups in total. The molecule has 0 aromatic heterocycles. The lowest BCUT2D eigenvalue weighted by atomic mass is 10.3. The predicted molar refractivity (Wildman–Crippen MR) is 69.0 cm³/mol. The number of likely N-dealkylation sites (N-methyl/N-ethyl adjacent to an activating group) is 1. The molecule has 0 aliphatic heterocycles. The molecule has 94 valence electrons. The van der Waals surface area contributed by atoms with Gasteiger partial charge in [-0.2, -0.15) is 0 Å². The highest BCUT2D eigenvalue weighted by Gasteiger charge is 2.07. The highest BCUT2D eigenvalue weighted by molar-refractivity contribution is 5.89. The minimum absolute atomic E-state index is 0.158. The van der Waals surface area contributed by atoms with Gasteiger partial charge in [-0.3, -0.25) is 0 Å². The predicted octanol–water partition coefficient (Wildman–Crippen LogP) is 1.77. The SMILES string of the molecule is CCOCCN(C)C(=O)Nc1ccc(N)cc1. The Balaban J connectivity index is 2.40. The van der Waals surface area contributed by atoms with Gasteiger partial charge >= 0.3 is 6.03 Å². The van der Waals surface area contributed by atoms with Crippen LogP contribution in [0.15, 0.2) is 24.3 Å². The van der Waals surface area contributed by atoms with Crippen molar-refractivity contribution in [1.82, 2.24) is 4.90 Å². The van der Waals surface area contributed by atoms with Crippen molar-refractivity contribution in [3.63, 3.8) is 0 Å². The summed E-state index contributed by atoms with van der Waals surface area (Å²) in [5, 5.41) is 2.77. The summed E-state index contributed by atoms with van der Waals surface area (Å²) in [5.41, 5.74) is 6.96. The molecule has 0 saturated heterocycles. The van der Waals surface area contributed by atoms with E-state index < -0.39 is 0 Å². The Morgan fingerprint density at radius 1 is 1.41 bits per heavy atom. The van der Waals surface area contributed by atoms with Gasteiger partial charge in [0.05, 0.1) is 6.61 Å². The smallest absolute Gasteiger partial charge is 0.321 e. The average molecular weight is 237 g/mol. The largest absolute Gasteiger partial charge is 0.399 e. The lowest BCUT2D eigenvalue weighted by molar-refractivity contribution is 0.128. The number of nitrogens with one attached hydrogen (secondary N) is 1. The Morgan fingerprint density at radius 2 is 2.06 bits per heavy atom. The number of amides is 2. The number of urea groups is 1. The number of nitrogen functional groups attached to an aromatic ring is 1. The third kappa shape index (κ3) is 4.74. The standard InChI is InChI=1S/C12H19N3O2/c1-3-17-9-8-15(2)12(16)14-11-6-4-10(13)5-7-11/h4-7H,3,8-9,13H2,1-2H3,(H,14,16). The summed E-state index contributed by atoms with van der Waals surface area (Å²) in [6.45, 7) is 3.69. The molecule has 17 heavy (non-hydrogen) atoms. The van der Waals surface area contributed by atoms with E-state index in [0.717, 1.165) is 5.69 Å². The van der Waals surface area contributed by atoms with Crippen molar-refractivity contribution in [3.05, 3.63) is 24.3 Å². The normalized spacial score (nSPS) is 10.0. The molecule has 0 unspecified atom stereocenters. The molecular formula is C12H19N3O2. The van der Waals surface area contributed by atoms with Gasteiger partial charge in [-0.15, -0.1) is 0 Å². The van der Waals surface area contributed by atoms with E-state index in [1.54, 1.807) is 36.2 Å². The molecule has 0 atom stereocenters. The zero-order valence-corrected chi connectivity index (χ0v) is 10.3. The maximum Gasteiger partial charge on any atom is 0.321 e. The highest BCUT2D eigenvalue weighted by Crippen LogP contribution is 2.10. The molecule has 0 fully saturated rings. The summed E-state index contributed by atoms with van der Waals surface area (Å²) in [7, 11) is 1.73. The number of nitrogens with two attached hydrogens (primary N) is 1. The van der Waals surface area contributed by atoms with Gasteiger partial charge in [-0.25, -0.2) is 4.79 Å². The summed E-state index contributed by atoms with van der Waals surface area (Å²) in [6.07, 6.45) is 0. The Morgan fingerprint density at radius 3 is 2.65 bits per heavy atom. The van der Waals surface area contributed by atoms with Gasteiger partial charge in [0.25, 0.3) is 0 Å². The monoisotopic (exact) mass is 237 g/mol. The molecule has 0 radical (unpaired) electrons. The quantitative estimate of drug-likeness (QED) is 0.605. The van der Waals surface area contributed by atoms with Crippen LogP contribution in [0, 0.1) is 0 Å². The van der Waals surface area contributed by atoms with Gasteiger partial charge in [-0.05, 0) is 31.2 Å². The van der Waals surface area contributed by atoms with E-state index in [0.29, 0.717) is 25.4 Å². The second kappa shape index (κ2) is 6.75. The Kier molecular flexibility index (Phi) is 5.29. The number of benzene rings is 1. The first kappa shape index (κ1) is 13.3. The zero-order valence-electron chi connectivity index (χ0n) is 10.3. The number of ether oxygens (including phenoxy) is 1. The fourth-order valence-electron chi connectivity index (χ4n) is 1.23. The van der Waals surface area contributed by atoms with Gasteiger partial charge < -0.3 is 20.7 Å². The number of rotatable bonds is 5. The maximum absolute atomic E-state index is 11.7. The van der Waals surface area contributed by atoms with Crippen LogP contribution in [-0.2, 0) is 4.74 Å². The van der Waals surface area contributed by atoms with Crippen LogP contribution in [0.3, 0.4) is 0 Å². The van der Waals surface area contributed by atoms with Crippen LogP contribution >= 0.6 is 0 Å². The number of carbonyl (C=O) groups is 1. The second-order valence-corrected chi connectivity index (χ2v) is 3.67. The first-order chi connectivity index (χ1) is 8.13. The van der Waals surface area contributed by atoms with Gasteiger partial charge in [0.15, 0.2) is 0 Å². The van der Waals surface area contributed by atoms with Crippen LogP contribution in [0.1, 0.15) is 6.92 Å². The fourth-order valence-corrected chi connectivity index (χ4v) is 1.23. The van der Waals surface area contributed by atoms with Crippen LogP contribution < -0.4 is 11.1 Å². The summed E-state index contributed by atoms with van der Waals surface area (Å²) in [6, 6.07) is 6.87. The number of hydrogen-bond acceptors (Lipinski definition) is 3. The van der Waals surface area contributed by atoms with Crippen molar-refractivity contribution in [2.45, 2.75) is 6.92 Å². The molecule has 1 aromatic carbocycles. The van der Waals surface area contributed by atoms with E-state index in [1.807, 2.05) is 6.92 Å². The highest BCUT2D eigenvalue weighted by atomic mass is 16.5. The Hall–Kier alpha value is -1.75. The molecule has 0 bridgehead atoms. The van der Waals surface area contributed by atoms with E-state index in [-0.39, 0.29) is 6.03 Å². The molecular weight excluding hydrogens is 218 g/mol. The first-order valence-corrected chi connectivity index (χ1v) is 5.59. The lowest BCUT2D eigenvalue weighted by Gasteiger charge is -2.17. The second-order valence-electron chi connectivity index (χ2n) is 3.67. The summed E-state index contributed by atoms with van der Waals surface area (Å²) in [5.74, 6) is 0. The van der Waals surface area contributed by atoms with Crippen LogP contribution in [0.25, 0.3) is 0 Å². The van der Waals surface area contributed by atoms with Gasteiger partial charge in [0.2, 0.25) is 0 Å². The number of nitrogens with zero attached hydrogens (tertiary/aromatic N) is 1. The zero-order chi connectivity index (χ0) is 12.7. The summed E-state index contributed by atoms with van der Waals surface area (Å²) < 4.78 is 5.18. The average Bonchev–Trinajstić information content (AvgIpc) is 2.32. The summed E-state index contributed by atoms with van der Waals surface area (Å²) >= 11 is 0. The Bertz CT molecular complexity index is 351. The molecule has 1 rings (SSSR count). The fraction of sp³-hybridized carbons (Fsp3) is 0.417. The van der Waals surface area contributed by atoms with Gasteiger partial charge in [0, 0.05) is 31.6 Å². The van der Waals surface area contributed by atoms with Crippen molar-refractivity contribution >= 4 is 17.4 Å². The molecule has 2 amide bonds. The molecule has 0 heterocycles. The number of anilines is 2. The Labute approximate surface area is 102 Å². The molecule has 0 aliphatic rings. The minimum Gasteiger partial charge on any atom is -0.399 e. The minimum atomic E-state index is -0.158. The molecule has 0 spiro atoms. The molecule has 0 aliphatic carbocycles. The van der Waals surface area contributed by atoms with Crippen molar-refractivity contribution in [2.24, 2.45) is 0 Å². The van der Waals surface area contributed by atoms with Crippen molar-refractivity contribution in [2.75, 3.05) is 37.9 Å². The van der Waals surface area contributed by atoms with E-state index in [1.165, 1.54) is 0 Å². The van der Waals surface area contributed by atoms with Crippen LogP contribution in [0.2, 0.25) is 0 Å². The summed E-state index contributed by atoms with van der Waals surface area (Å²) in [4.78, 5) is 13.3. The lowest BCUT2D eigenvalue weighted by Crippen LogP contribution is -2.33. The number of carbonyl (C=O) groups excluding carboxylic acids is 1. The maximum atomic E-state index is 11.7. The number of hydrogen-bond donors (Lipinski definition) is 2. The van der Waals surface area contributed by atoms with Crippen LogP contribution in [0.5, 0.6) is 0 Å². The topological polar surface area (TPSA) is 67.6 Å². The van der Waals surface area contributed by atoms with E-state index in [2.05, 4.69) is 5.32 Å². The third-order valence-electron chi connectivity index (χ3n) is 2.28. The molecule has 0 saturated carbocycles. The van der Waals surface area contributed by atoms with Gasteiger partial charge in [0.1, 0.15) is 0 Å². The van der Waals surface area contributed by atoms with E-state index in [9.17, 15) is 4.79 Å². The first-order valence-electron chi connectivity index (χ1n) is 5.59. The van der Waals surface area contributed by atoms with Crippen molar-refractivity contribution in [1.29, 1.82) is 0 Å². The van der Waals surface area contributed by atoms with E-state index in [4.69, 9.17) is 10.5 Å². The molecule has 5 nitrogen and oxygen atoms in total. The van der Waals surface area contributed by atoms with Crippen molar-refractivity contribution < 1.29 is 9.53 Å². The van der Waals surface area contributed by atoms with Crippen molar-refractivity contribution in [3.8, 4) is 0 Å². The van der Waals surface area contributed by atoms with Crippen LogP contribution in [-0.4, -0.2) is 37.7 Å². The van der Waals surface area contributed by atoms with Crippen LogP contribution in [0.4, 0.5) is 16.2 Å². The third-order valence-corrected chi connectivity index (χ3v) is 2.28. The van der Waals surface area contributed by atoms with Gasteiger partial charge in [-0.1, -0.05) is 0 Å².